The predicted molar refractivity (Wildman–Crippen MR) is 99.7 cm³/mol. The monoisotopic (exact) mass is 342 g/mol. The van der Waals surface area contributed by atoms with Gasteiger partial charge >= 0.3 is 5.97 Å². The highest BCUT2D eigenvalue weighted by Gasteiger charge is 2.33. The van der Waals surface area contributed by atoms with Gasteiger partial charge in [0.05, 0.1) is 5.56 Å². The Hall–Kier alpha value is -2.56. The number of unbranched alkanes of at least 4 members (excludes halogenated alkanes) is 1. The number of carboxylic acid groups (broad SMARTS) is 1. The van der Waals surface area contributed by atoms with Crippen LogP contribution in [-0.4, -0.2) is 27.6 Å². The molecular weight excluding hydrogens is 316 g/mol. The Morgan fingerprint density at radius 2 is 2.00 bits per heavy atom. The van der Waals surface area contributed by atoms with Gasteiger partial charge in [-0.15, -0.1) is 6.58 Å². The minimum atomic E-state index is -1.03. The summed E-state index contributed by atoms with van der Waals surface area (Å²) in [4.78, 5) is 24.3. The van der Waals surface area contributed by atoms with E-state index in [-0.39, 0.29) is 5.91 Å². The Morgan fingerprint density at radius 3 is 2.60 bits per heavy atom. The molecule has 0 unspecified atom stereocenters. The van der Waals surface area contributed by atoms with Gasteiger partial charge in [-0.1, -0.05) is 45.0 Å². The van der Waals surface area contributed by atoms with Crippen LogP contribution in [-0.2, 0) is 11.3 Å². The first kappa shape index (κ1) is 18.8. The molecule has 0 aliphatic carbocycles. The number of aromatic nitrogens is 1. The van der Waals surface area contributed by atoms with Gasteiger partial charge < -0.3 is 15.0 Å². The molecular formula is C20H26N2O3. The Labute approximate surface area is 148 Å². The van der Waals surface area contributed by atoms with E-state index in [2.05, 4.69) is 11.9 Å². The van der Waals surface area contributed by atoms with Crippen molar-refractivity contribution in [3.05, 3.63) is 48.7 Å². The van der Waals surface area contributed by atoms with E-state index >= 15 is 0 Å². The summed E-state index contributed by atoms with van der Waals surface area (Å²) in [6.45, 7) is 9.90. The number of hydrogen-bond donors (Lipinski definition) is 2. The summed E-state index contributed by atoms with van der Waals surface area (Å²) in [7, 11) is 0. The zero-order valence-electron chi connectivity index (χ0n) is 15.1. The van der Waals surface area contributed by atoms with Crippen LogP contribution in [0.4, 0.5) is 0 Å². The number of hydrogen-bond acceptors (Lipinski definition) is 2. The highest BCUT2D eigenvalue weighted by atomic mass is 16.4. The molecule has 1 heterocycles. The molecule has 5 heteroatoms. The number of carbonyl (C=O) groups is 2. The fraction of sp³-hybridized carbons (Fsp3) is 0.400. The van der Waals surface area contributed by atoms with E-state index in [1.165, 1.54) is 0 Å². The lowest BCUT2D eigenvalue weighted by atomic mass is 9.86. The number of carboxylic acids is 1. The molecule has 2 rings (SSSR count). The number of carbonyl (C=O) groups excluding carboxylic acids is 1. The van der Waals surface area contributed by atoms with Gasteiger partial charge in [0.15, 0.2) is 0 Å². The first-order valence-corrected chi connectivity index (χ1v) is 8.48. The van der Waals surface area contributed by atoms with E-state index in [1.54, 1.807) is 20.8 Å². The summed E-state index contributed by atoms with van der Waals surface area (Å²) in [5, 5.41) is 12.9. The highest BCUT2D eigenvalue weighted by Crippen LogP contribution is 2.24. The molecule has 0 saturated heterocycles. The van der Waals surface area contributed by atoms with Crippen molar-refractivity contribution in [2.45, 2.75) is 46.2 Å². The van der Waals surface area contributed by atoms with E-state index in [1.807, 2.05) is 41.1 Å². The molecule has 134 valence electrons. The molecule has 2 N–H and O–H groups in total. The maximum atomic E-state index is 12.8. The van der Waals surface area contributed by atoms with Crippen molar-refractivity contribution in [2.75, 3.05) is 0 Å². The van der Waals surface area contributed by atoms with Crippen LogP contribution in [0.2, 0.25) is 0 Å². The molecule has 1 amide bonds. The van der Waals surface area contributed by atoms with Gasteiger partial charge in [0.2, 0.25) is 0 Å². The average molecular weight is 342 g/mol. The molecule has 0 bridgehead atoms. The second-order valence-corrected chi connectivity index (χ2v) is 7.29. The molecule has 1 aromatic heterocycles. The van der Waals surface area contributed by atoms with Crippen LogP contribution in [0.1, 0.15) is 44.0 Å². The molecule has 0 radical (unpaired) electrons. The maximum Gasteiger partial charge on any atom is 0.326 e. The minimum absolute atomic E-state index is 0.360. The summed E-state index contributed by atoms with van der Waals surface area (Å²) < 4.78 is 2.04. The zero-order valence-corrected chi connectivity index (χ0v) is 15.1. The van der Waals surface area contributed by atoms with Gasteiger partial charge in [-0.3, -0.25) is 4.79 Å². The van der Waals surface area contributed by atoms with Crippen molar-refractivity contribution in [1.82, 2.24) is 9.88 Å². The lowest BCUT2D eigenvalue weighted by molar-refractivity contribution is -0.142. The molecule has 0 aliphatic rings. The first-order chi connectivity index (χ1) is 11.8. The summed E-state index contributed by atoms with van der Waals surface area (Å²) in [6, 6.07) is 6.72. The van der Waals surface area contributed by atoms with Crippen LogP contribution in [0.25, 0.3) is 10.9 Å². The van der Waals surface area contributed by atoms with Crippen molar-refractivity contribution in [3.8, 4) is 0 Å². The number of nitrogens with zero attached hydrogens (tertiary/aromatic N) is 1. The molecule has 0 spiro atoms. The third-order valence-corrected chi connectivity index (χ3v) is 4.23. The third kappa shape index (κ3) is 4.29. The Morgan fingerprint density at radius 1 is 1.32 bits per heavy atom. The van der Waals surface area contributed by atoms with Gasteiger partial charge in [-0.2, -0.15) is 0 Å². The smallest absolute Gasteiger partial charge is 0.326 e. The zero-order chi connectivity index (χ0) is 18.6. The lowest BCUT2D eigenvalue weighted by Gasteiger charge is -2.27. The van der Waals surface area contributed by atoms with Crippen LogP contribution >= 0.6 is 0 Å². The van der Waals surface area contributed by atoms with E-state index in [0.29, 0.717) is 5.56 Å². The second kappa shape index (κ2) is 7.55. The Bertz CT molecular complexity index is 784. The van der Waals surface area contributed by atoms with Gasteiger partial charge in [0.25, 0.3) is 5.91 Å². The Kier molecular flexibility index (Phi) is 5.67. The third-order valence-electron chi connectivity index (χ3n) is 4.23. The standard InChI is InChI=1S/C20H26N2O3/c1-5-6-9-12-22-13-15(14-10-7-8-11-16(14)22)18(23)21-17(19(24)25)20(2,3)4/h5,7-8,10-11,13,17H,1,6,9,12H2,2-4H3,(H,21,23)(H,24,25)/t17-/m1/s1. The summed E-state index contributed by atoms with van der Waals surface area (Å²) in [5.41, 5.74) is 0.896. The van der Waals surface area contributed by atoms with Crippen LogP contribution in [0.3, 0.4) is 0 Å². The Balaban J connectivity index is 2.34. The fourth-order valence-electron chi connectivity index (χ4n) is 2.88. The van der Waals surface area contributed by atoms with Gasteiger partial charge in [0, 0.05) is 23.6 Å². The van der Waals surface area contributed by atoms with Crippen LogP contribution < -0.4 is 5.32 Å². The van der Waals surface area contributed by atoms with E-state index < -0.39 is 17.4 Å². The maximum absolute atomic E-state index is 12.8. The molecule has 1 atom stereocenters. The number of nitrogens with one attached hydrogen (secondary N) is 1. The topological polar surface area (TPSA) is 71.3 Å². The van der Waals surface area contributed by atoms with Crippen molar-refractivity contribution in [2.24, 2.45) is 5.41 Å². The van der Waals surface area contributed by atoms with Crippen LogP contribution in [0.15, 0.2) is 43.1 Å². The average Bonchev–Trinajstić information content (AvgIpc) is 2.90. The van der Waals surface area contributed by atoms with Gasteiger partial charge in [0.1, 0.15) is 6.04 Å². The number of aryl methyl sites for hydroxylation is 1. The summed E-state index contributed by atoms with van der Waals surface area (Å²) >= 11 is 0. The fourth-order valence-corrected chi connectivity index (χ4v) is 2.88. The van der Waals surface area contributed by atoms with Crippen LogP contribution in [0, 0.1) is 5.41 Å². The molecule has 2 aromatic rings. The SMILES string of the molecule is C=CCCCn1cc(C(=O)N[C@H](C(=O)O)C(C)(C)C)c2ccccc21. The van der Waals surface area contributed by atoms with Crippen molar-refractivity contribution < 1.29 is 14.7 Å². The molecule has 5 nitrogen and oxygen atoms in total. The molecule has 25 heavy (non-hydrogen) atoms. The minimum Gasteiger partial charge on any atom is -0.480 e. The molecule has 0 aliphatic heterocycles. The van der Waals surface area contributed by atoms with Crippen molar-refractivity contribution in [1.29, 1.82) is 0 Å². The van der Waals surface area contributed by atoms with E-state index in [4.69, 9.17) is 0 Å². The highest BCUT2D eigenvalue weighted by molar-refractivity contribution is 6.08. The van der Waals surface area contributed by atoms with E-state index in [0.717, 1.165) is 30.3 Å². The normalized spacial score (nSPS) is 12.8. The van der Waals surface area contributed by atoms with Gasteiger partial charge in [-0.05, 0) is 24.3 Å². The van der Waals surface area contributed by atoms with Crippen molar-refractivity contribution >= 4 is 22.8 Å². The number of fused-ring (bicyclic) bond motifs is 1. The predicted octanol–water partition coefficient (Wildman–Crippen LogP) is 3.84. The molecule has 0 saturated carbocycles. The van der Waals surface area contributed by atoms with Crippen molar-refractivity contribution in [3.63, 3.8) is 0 Å². The molecule has 1 aromatic carbocycles. The number of amides is 1. The number of rotatable bonds is 7. The first-order valence-electron chi connectivity index (χ1n) is 8.48. The number of allylic oxidation sites excluding steroid dienone is 1. The summed E-state index contributed by atoms with van der Waals surface area (Å²) in [5.74, 6) is -1.39. The quantitative estimate of drug-likeness (QED) is 0.593. The van der Waals surface area contributed by atoms with Crippen LogP contribution in [0.5, 0.6) is 0 Å². The van der Waals surface area contributed by atoms with E-state index in [9.17, 15) is 14.7 Å². The largest absolute Gasteiger partial charge is 0.480 e. The lowest BCUT2D eigenvalue weighted by Crippen LogP contribution is -2.49. The number of benzene rings is 1. The number of aliphatic carboxylic acids is 1. The van der Waals surface area contributed by atoms with Gasteiger partial charge in [-0.25, -0.2) is 4.79 Å². The summed E-state index contributed by atoms with van der Waals surface area (Å²) in [6.07, 6.45) is 5.52. The number of para-hydroxylation sites is 1. The second-order valence-electron chi connectivity index (χ2n) is 7.29. The molecule has 0 fully saturated rings.